The fourth-order valence-electron chi connectivity index (χ4n) is 2.36. The van der Waals surface area contributed by atoms with Crippen LogP contribution in [0.5, 0.6) is 0 Å². The van der Waals surface area contributed by atoms with Crippen molar-refractivity contribution in [2.24, 2.45) is 0 Å². The first-order valence-electron chi connectivity index (χ1n) is 7.47. The van der Waals surface area contributed by atoms with Crippen LogP contribution in [0.2, 0.25) is 0 Å². The number of nitrogens with zero attached hydrogens (tertiary/aromatic N) is 4. The standard InChI is InChI=1S/C16H13N5O5/c1-10-14(15-17-7-4-8-20(15)19-10)16(23)26-9-13(22)18-11-5-2-3-6-12(11)21(24)25/h2-8H,9H2,1H3,(H,18,22). The van der Waals surface area contributed by atoms with Crippen LogP contribution in [0, 0.1) is 17.0 Å². The van der Waals surface area contributed by atoms with E-state index in [9.17, 15) is 19.7 Å². The molecule has 2 aromatic heterocycles. The largest absolute Gasteiger partial charge is 0.452 e. The molecular formula is C16H13N5O5. The van der Waals surface area contributed by atoms with Gasteiger partial charge >= 0.3 is 5.97 Å². The zero-order chi connectivity index (χ0) is 18.7. The minimum absolute atomic E-state index is 0.0207. The number of ether oxygens (including phenoxy) is 1. The molecule has 0 bridgehead atoms. The number of nitro benzene ring substituents is 1. The molecule has 0 aliphatic rings. The van der Waals surface area contributed by atoms with Crippen LogP contribution in [0.3, 0.4) is 0 Å². The first-order valence-corrected chi connectivity index (χ1v) is 7.47. The minimum atomic E-state index is -0.756. The Balaban J connectivity index is 1.69. The molecule has 10 heteroatoms. The minimum Gasteiger partial charge on any atom is -0.452 e. The van der Waals surface area contributed by atoms with E-state index in [1.165, 1.54) is 28.9 Å². The van der Waals surface area contributed by atoms with Gasteiger partial charge in [-0.2, -0.15) is 5.10 Å². The zero-order valence-corrected chi connectivity index (χ0v) is 13.6. The molecule has 0 saturated carbocycles. The van der Waals surface area contributed by atoms with Crippen molar-refractivity contribution < 1.29 is 19.2 Å². The Morgan fingerprint density at radius 3 is 2.85 bits per heavy atom. The number of hydrogen-bond donors (Lipinski definition) is 1. The molecule has 0 unspecified atom stereocenters. The first kappa shape index (κ1) is 17.0. The second kappa shape index (κ2) is 6.97. The topological polar surface area (TPSA) is 129 Å². The molecule has 0 fully saturated rings. The van der Waals surface area contributed by atoms with Gasteiger partial charge in [0.15, 0.2) is 12.3 Å². The third-order valence-corrected chi connectivity index (χ3v) is 3.48. The van der Waals surface area contributed by atoms with Crippen LogP contribution >= 0.6 is 0 Å². The van der Waals surface area contributed by atoms with Gasteiger partial charge in [-0.05, 0) is 19.1 Å². The Morgan fingerprint density at radius 2 is 2.08 bits per heavy atom. The Labute approximate surface area is 146 Å². The SMILES string of the molecule is Cc1nn2cccnc2c1C(=O)OCC(=O)Nc1ccccc1[N+](=O)[O-]. The van der Waals surface area contributed by atoms with Gasteiger partial charge in [-0.3, -0.25) is 14.9 Å². The number of benzene rings is 1. The summed E-state index contributed by atoms with van der Waals surface area (Å²) in [6.07, 6.45) is 3.14. The number of esters is 1. The maximum Gasteiger partial charge on any atom is 0.344 e. The summed E-state index contributed by atoms with van der Waals surface area (Å²) in [5.41, 5.74) is 0.647. The zero-order valence-electron chi connectivity index (χ0n) is 13.6. The summed E-state index contributed by atoms with van der Waals surface area (Å²) in [6.45, 7) is 1.02. The third-order valence-electron chi connectivity index (χ3n) is 3.48. The Bertz CT molecular complexity index is 1010. The number of nitrogens with one attached hydrogen (secondary N) is 1. The van der Waals surface area contributed by atoms with E-state index in [-0.39, 0.29) is 16.9 Å². The highest BCUT2D eigenvalue weighted by atomic mass is 16.6. The van der Waals surface area contributed by atoms with Crippen molar-refractivity contribution in [3.05, 3.63) is 64.1 Å². The number of amides is 1. The summed E-state index contributed by atoms with van der Waals surface area (Å²) >= 11 is 0. The molecule has 132 valence electrons. The second-order valence-corrected chi connectivity index (χ2v) is 5.25. The van der Waals surface area contributed by atoms with Gasteiger partial charge in [-0.1, -0.05) is 12.1 Å². The van der Waals surface area contributed by atoms with Gasteiger partial charge in [0.1, 0.15) is 11.3 Å². The Hall–Kier alpha value is -3.82. The van der Waals surface area contributed by atoms with E-state index in [0.717, 1.165) is 0 Å². The number of fused-ring (bicyclic) bond motifs is 1. The highest BCUT2D eigenvalue weighted by molar-refractivity contribution is 6.00. The van der Waals surface area contributed by atoms with Gasteiger partial charge in [0.2, 0.25) is 0 Å². The van der Waals surface area contributed by atoms with Crippen molar-refractivity contribution in [1.82, 2.24) is 14.6 Å². The van der Waals surface area contributed by atoms with Crippen LogP contribution in [0.1, 0.15) is 16.1 Å². The Kier molecular flexibility index (Phi) is 4.56. The Morgan fingerprint density at radius 1 is 1.31 bits per heavy atom. The van der Waals surface area contributed by atoms with Gasteiger partial charge in [-0.25, -0.2) is 14.3 Å². The maximum absolute atomic E-state index is 12.3. The van der Waals surface area contributed by atoms with E-state index in [4.69, 9.17) is 4.74 Å². The molecule has 0 saturated heterocycles. The fourth-order valence-corrected chi connectivity index (χ4v) is 2.36. The molecule has 26 heavy (non-hydrogen) atoms. The van der Waals surface area contributed by atoms with Crippen LogP contribution in [0.4, 0.5) is 11.4 Å². The van der Waals surface area contributed by atoms with Gasteiger partial charge in [0.05, 0.1) is 10.6 Å². The van der Waals surface area contributed by atoms with Crippen molar-refractivity contribution in [3.63, 3.8) is 0 Å². The lowest BCUT2D eigenvalue weighted by Gasteiger charge is -2.07. The third kappa shape index (κ3) is 3.34. The van der Waals surface area contributed by atoms with Crippen LogP contribution in [0.15, 0.2) is 42.7 Å². The number of para-hydroxylation sites is 2. The second-order valence-electron chi connectivity index (χ2n) is 5.25. The molecule has 3 rings (SSSR count). The highest BCUT2D eigenvalue weighted by Gasteiger charge is 2.21. The lowest BCUT2D eigenvalue weighted by molar-refractivity contribution is -0.383. The average molecular weight is 355 g/mol. The van der Waals surface area contributed by atoms with Crippen molar-refractivity contribution in [1.29, 1.82) is 0 Å². The first-order chi connectivity index (χ1) is 12.5. The van der Waals surface area contributed by atoms with Crippen LogP contribution in [-0.4, -0.2) is 38.0 Å². The molecule has 10 nitrogen and oxygen atoms in total. The number of carbonyl (C=O) groups is 2. The van der Waals surface area contributed by atoms with E-state index in [2.05, 4.69) is 15.4 Å². The van der Waals surface area contributed by atoms with Crippen LogP contribution in [0.25, 0.3) is 5.65 Å². The fraction of sp³-hybridized carbons (Fsp3) is 0.125. The maximum atomic E-state index is 12.3. The molecule has 1 N–H and O–H groups in total. The molecule has 0 atom stereocenters. The number of anilines is 1. The van der Waals surface area contributed by atoms with Crippen molar-refractivity contribution in [2.75, 3.05) is 11.9 Å². The highest BCUT2D eigenvalue weighted by Crippen LogP contribution is 2.23. The summed E-state index contributed by atoms with van der Waals surface area (Å²) in [6, 6.07) is 7.33. The quantitative estimate of drug-likeness (QED) is 0.419. The number of aromatic nitrogens is 3. The van der Waals surface area contributed by atoms with E-state index >= 15 is 0 Å². The molecular weight excluding hydrogens is 342 g/mol. The normalized spacial score (nSPS) is 10.5. The molecule has 0 spiro atoms. The number of nitro groups is 1. The van der Waals surface area contributed by atoms with Crippen molar-refractivity contribution in [2.45, 2.75) is 6.92 Å². The number of carbonyl (C=O) groups excluding carboxylic acids is 2. The predicted octanol–water partition coefficient (Wildman–Crippen LogP) is 1.74. The number of aryl methyl sites for hydroxylation is 1. The van der Waals surface area contributed by atoms with Gasteiger partial charge < -0.3 is 10.1 Å². The molecule has 1 aromatic carbocycles. The van der Waals surface area contributed by atoms with E-state index in [1.54, 1.807) is 25.3 Å². The summed E-state index contributed by atoms with van der Waals surface area (Å²) in [7, 11) is 0. The summed E-state index contributed by atoms with van der Waals surface area (Å²) < 4.78 is 6.43. The van der Waals surface area contributed by atoms with Crippen LogP contribution in [-0.2, 0) is 9.53 Å². The lowest BCUT2D eigenvalue weighted by Crippen LogP contribution is -2.21. The van der Waals surface area contributed by atoms with Gasteiger partial charge in [0, 0.05) is 18.5 Å². The summed E-state index contributed by atoms with van der Waals surface area (Å²) in [5.74, 6) is -1.45. The van der Waals surface area contributed by atoms with Crippen LogP contribution < -0.4 is 5.32 Å². The van der Waals surface area contributed by atoms with Gasteiger partial charge in [-0.15, -0.1) is 0 Å². The summed E-state index contributed by atoms with van der Waals surface area (Å²) in [5, 5.41) is 17.4. The van der Waals surface area contributed by atoms with E-state index in [0.29, 0.717) is 11.3 Å². The van der Waals surface area contributed by atoms with Crippen molar-refractivity contribution in [3.8, 4) is 0 Å². The van der Waals surface area contributed by atoms with Gasteiger partial charge in [0.25, 0.3) is 11.6 Å². The molecule has 0 aliphatic heterocycles. The average Bonchev–Trinajstić information content (AvgIpc) is 2.95. The van der Waals surface area contributed by atoms with E-state index in [1.807, 2.05) is 0 Å². The molecule has 2 heterocycles. The molecule has 0 aliphatic carbocycles. The number of hydrogen-bond acceptors (Lipinski definition) is 7. The molecule has 1 amide bonds. The lowest BCUT2D eigenvalue weighted by atomic mass is 10.2. The molecule has 3 aromatic rings. The monoisotopic (exact) mass is 355 g/mol. The summed E-state index contributed by atoms with van der Waals surface area (Å²) in [4.78, 5) is 38.6. The number of rotatable bonds is 5. The van der Waals surface area contributed by atoms with Crippen molar-refractivity contribution >= 4 is 28.9 Å². The predicted molar refractivity (Wildman–Crippen MR) is 89.7 cm³/mol. The smallest absolute Gasteiger partial charge is 0.344 e. The van der Waals surface area contributed by atoms with E-state index < -0.39 is 23.4 Å². The molecule has 0 radical (unpaired) electrons.